The highest BCUT2D eigenvalue weighted by Gasteiger charge is 2.23. The molecule has 0 bridgehead atoms. The molecule has 39 heavy (non-hydrogen) atoms. The van der Waals surface area contributed by atoms with E-state index in [0.717, 1.165) is 23.5 Å². The molecule has 5 rings (SSSR count). The summed E-state index contributed by atoms with van der Waals surface area (Å²) < 4.78 is 47.7. The smallest absolute Gasteiger partial charge is 0.192 e. The second-order valence-electron chi connectivity index (χ2n) is 9.20. The van der Waals surface area contributed by atoms with E-state index in [9.17, 15) is 17.9 Å². The van der Waals surface area contributed by atoms with Crippen LogP contribution in [-0.2, 0) is 16.4 Å². The van der Waals surface area contributed by atoms with Gasteiger partial charge in [0.05, 0.1) is 27.9 Å². The molecule has 0 saturated heterocycles. The summed E-state index contributed by atoms with van der Waals surface area (Å²) in [5.74, 6) is 0.775. The molecule has 0 fully saturated rings. The van der Waals surface area contributed by atoms with E-state index in [1.54, 1.807) is 31.3 Å². The molecule has 0 aliphatic carbocycles. The zero-order chi connectivity index (χ0) is 28.1. The summed E-state index contributed by atoms with van der Waals surface area (Å²) in [7, 11) is -3.82. The molecular formula is C28H24ClFN4O4S. The fourth-order valence-electron chi connectivity index (χ4n) is 4.58. The van der Waals surface area contributed by atoms with E-state index in [0.29, 0.717) is 44.6 Å². The van der Waals surface area contributed by atoms with Gasteiger partial charge in [0.2, 0.25) is 0 Å². The molecule has 5 aromatic rings. The fourth-order valence-corrected chi connectivity index (χ4v) is 5.71. The van der Waals surface area contributed by atoms with Crippen LogP contribution in [0.2, 0.25) is 5.02 Å². The zero-order valence-corrected chi connectivity index (χ0v) is 23.1. The molecule has 0 atom stereocenters. The Bertz CT molecular complexity index is 1850. The molecule has 2 aromatic carbocycles. The predicted molar refractivity (Wildman–Crippen MR) is 146 cm³/mol. The van der Waals surface area contributed by atoms with Gasteiger partial charge < -0.3 is 14.1 Å². The molecule has 0 saturated carbocycles. The molecule has 8 nitrogen and oxygen atoms in total. The van der Waals surface area contributed by atoms with Crippen LogP contribution in [0.4, 0.5) is 4.39 Å². The van der Waals surface area contributed by atoms with Crippen molar-refractivity contribution in [2.75, 3.05) is 6.26 Å². The number of aromatic nitrogens is 4. The molecule has 3 heterocycles. The first-order chi connectivity index (χ1) is 18.5. The first kappa shape index (κ1) is 26.7. The maximum absolute atomic E-state index is 15.0. The Labute approximate surface area is 229 Å². The van der Waals surface area contributed by atoms with E-state index < -0.39 is 22.3 Å². The van der Waals surface area contributed by atoms with Crippen LogP contribution in [-0.4, -0.2) is 39.3 Å². The first-order valence-electron chi connectivity index (χ1n) is 11.9. The molecule has 0 aliphatic rings. The predicted octanol–water partition coefficient (Wildman–Crippen LogP) is 5.87. The summed E-state index contributed by atoms with van der Waals surface area (Å²) >= 11 is 6.21. The number of imidazole rings is 1. The standard InChI is InChI=1S/C28H24ClFN4O4S/c1-15-13-34(16(2)32-15)25-6-5-18(19-9-24(30)23(14-35)26(10-19)39(4,36)37)8-22(25)27-28(38-17(3)33-27)20-7-21(29)12-31-11-20/h5-13,35H,14H2,1-4H3. The number of nitrogens with zero attached hydrogens (tertiary/aromatic N) is 4. The molecule has 0 aliphatic heterocycles. The monoisotopic (exact) mass is 566 g/mol. The third-order valence-electron chi connectivity index (χ3n) is 6.26. The molecule has 0 amide bonds. The summed E-state index contributed by atoms with van der Waals surface area (Å²) in [6, 6.07) is 9.69. The Kier molecular flexibility index (Phi) is 6.88. The number of benzene rings is 2. The normalized spacial score (nSPS) is 11.8. The lowest BCUT2D eigenvalue weighted by Gasteiger charge is -2.15. The van der Waals surface area contributed by atoms with Gasteiger partial charge in [-0.2, -0.15) is 0 Å². The minimum Gasteiger partial charge on any atom is -0.440 e. The van der Waals surface area contributed by atoms with E-state index in [-0.39, 0.29) is 10.5 Å². The third kappa shape index (κ3) is 5.10. The number of pyridine rings is 1. The van der Waals surface area contributed by atoms with Crippen molar-refractivity contribution in [1.82, 2.24) is 19.5 Å². The van der Waals surface area contributed by atoms with Crippen molar-refractivity contribution in [3.8, 4) is 39.4 Å². The van der Waals surface area contributed by atoms with Crippen LogP contribution in [0.1, 0.15) is 23.0 Å². The average molecular weight is 567 g/mol. The van der Waals surface area contributed by atoms with Gasteiger partial charge in [0.1, 0.15) is 17.3 Å². The highest BCUT2D eigenvalue weighted by Crippen LogP contribution is 2.39. The van der Waals surface area contributed by atoms with Gasteiger partial charge in [-0.25, -0.2) is 22.8 Å². The molecule has 1 N–H and O–H groups in total. The van der Waals surface area contributed by atoms with Crippen LogP contribution >= 0.6 is 11.6 Å². The quantitative estimate of drug-likeness (QED) is 0.273. The summed E-state index contributed by atoms with van der Waals surface area (Å²) in [5.41, 5.74) is 3.88. The molecule has 3 aromatic heterocycles. The van der Waals surface area contributed by atoms with Gasteiger partial charge in [-0.05, 0) is 55.3 Å². The lowest BCUT2D eigenvalue weighted by atomic mass is 9.97. The van der Waals surface area contributed by atoms with Gasteiger partial charge in [-0.15, -0.1) is 0 Å². The van der Waals surface area contributed by atoms with Crippen LogP contribution in [0.5, 0.6) is 0 Å². The number of halogens is 2. The van der Waals surface area contributed by atoms with Gasteiger partial charge in [0, 0.05) is 48.5 Å². The second-order valence-corrected chi connectivity index (χ2v) is 11.6. The largest absolute Gasteiger partial charge is 0.440 e. The molecule has 200 valence electrons. The van der Waals surface area contributed by atoms with Crippen LogP contribution in [0.3, 0.4) is 0 Å². The molecule has 0 unspecified atom stereocenters. The number of hydrogen-bond donors (Lipinski definition) is 1. The topological polar surface area (TPSA) is 111 Å². The van der Waals surface area contributed by atoms with Gasteiger partial charge in [0.25, 0.3) is 0 Å². The summed E-state index contributed by atoms with van der Waals surface area (Å²) in [6.07, 6.45) is 6.00. The third-order valence-corrected chi connectivity index (χ3v) is 7.63. The maximum atomic E-state index is 15.0. The molecule has 0 spiro atoms. The van der Waals surface area contributed by atoms with Crippen LogP contribution < -0.4 is 0 Å². The highest BCUT2D eigenvalue weighted by molar-refractivity contribution is 7.90. The second kappa shape index (κ2) is 10.0. The molecular weight excluding hydrogens is 543 g/mol. The molecule has 0 radical (unpaired) electrons. The maximum Gasteiger partial charge on any atom is 0.192 e. The van der Waals surface area contributed by atoms with E-state index in [1.165, 1.54) is 18.3 Å². The average Bonchev–Trinajstić information content (AvgIpc) is 3.43. The highest BCUT2D eigenvalue weighted by atomic mass is 35.5. The Balaban J connectivity index is 1.80. The van der Waals surface area contributed by atoms with Crippen LogP contribution in [0, 0.1) is 26.6 Å². The van der Waals surface area contributed by atoms with Crippen molar-refractivity contribution in [1.29, 1.82) is 0 Å². The minimum atomic E-state index is -3.82. The number of rotatable bonds is 6. The van der Waals surface area contributed by atoms with Crippen molar-refractivity contribution in [3.63, 3.8) is 0 Å². The Morgan fingerprint density at radius 1 is 1.03 bits per heavy atom. The summed E-state index contributed by atoms with van der Waals surface area (Å²) in [4.78, 5) is 13.1. The Hall–Kier alpha value is -3.86. The van der Waals surface area contributed by atoms with Gasteiger partial charge in [0.15, 0.2) is 21.5 Å². The van der Waals surface area contributed by atoms with E-state index in [1.807, 2.05) is 30.7 Å². The fraction of sp³-hybridized carbons (Fsp3) is 0.179. The van der Waals surface area contributed by atoms with Crippen molar-refractivity contribution in [2.45, 2.75) is 32.3 Å². The molecule has 11 heteroatoms. The summed E-state index contributed by atoms with van der Waals surface area (Å²) in [6.45, 7) is 4.75. The Morgan fingerprint density at radius 3 is 2.44 bits per heavy atom. The number of sulfone groups is 1. The minimum absolute atomic E-state index is 0.269. The number of hydrogen-bond acceptors (Lipinski definition) is 7. The van der Waals surface area contributed by atoms with E-state index in [4.69, 9.17) is 16.0 Å². The number of aliphatic hydroxyl groups is 1. The lowest BCUT2D eigenvalue weighted by Crippen LogP contribution is -2.06. The number of oxazole rings is 1. The van der Waals surface area contributed by atoms with Crippen molar-refractivity contribution >= 4 is 21.4 Å². The first-order valence-corrected chi connectivity index (χ1v) is 14.1. The van der Waals surface area contributed by atoms with E-state index in [2.05, 4.69) is 15.0 Å². The lowest BCUT2D eigenvalue weighted by molar-refractivity contribution is 0.272. The number of aliphatic hydroxyl groups excluding tert-OH is 1. The van der Waals surface area contributed by atoms with Crippen molar-refractivity contribution < 1.29 is 22.3 Å². The zero-order valence-electron chi connectivity index (χ0n) is 21.5. The SMILES string of the molecule is Cc1cn(-c2ccc(-c3cc(F)c(CO)c(S(C)(=O)=O)c3)cc2-c2nc(C)oc2-c2cncc(Cl)c2)c(C)n1. The van der Waals surface area contributed by atoms with Crippen molar-refractivity contribution in [2.24, 2.45) is 0 Å². The van der Waals surface area contributed by atoms with Crippen LogP contribution in [0.25, 0.3) is 39.4 Å². The van der Waals surface area contributed by atoms with Crippen molar-refractivity contribution in [3.05, 3.63) is 88.8 Å². The van der Waals surface area contributed by atoms with Crippen LogP contribution in [0.15, 0.2) is 64.3 Å². The van der Waals surface area contributed by atoms with Gasteiger partial charge in [-0.3, -0.25) is 4.98 Å². The van der Waals surface area contributed by atoms with E-state index >= 15 is 0 Å². The number of aryl methyl sites for hydroxylation is 3. The Morgan fingerprint density at radius 2 is 1.79 bits per heavy atom. The summed E-state index contributed by atoms with van der Waals surface area (Å²) in [5, 5.41) is 10.0. The van der Waals surface area contributed by atoms with Gasteiger partial charge >= 0.3 is 0 Å². The van der Waals surface area contributed by atoms with Gasteiger partial charge in [-0.1, -0.05) is 17.7 Å².